The number of carbonyl (C=O) groups excluding carboxylic acids is 2. The molecule has 160 valence electrons. The molecule has 29 heavy (non-hydrogen) atoms. The van der Waals surface area contributed by atoms with E-state index in [0.717, 1.165) is 0 Å². The van der Waals surface area contributed by atoms with Crippen LogP contribution in [0.5, 0.6) is 0 Å². The van der Waals surface area contributed by atoms with Gasteiger partial charge in [0.1, 0.15) is 18.3 Å². The molecule has 1 saturated heterocycles. The van der Waals surface area contributed by atoms with E-state index in [2.05, 4.69) is 25.7 Å². The molecule has 8 nitrogen and oxygen atoms in total. The third-order valence-electron chi connectivity index (χ3n) is 4.67. The third-order valence-corrected chi connectivity index (χ3v) is 5.36. The van der Waals surface area contributed by atoms with Gasteiger partial charge in [0.15, 0.2) is 6.10 Å². The maximum atomic E-state index is 12.6. The summed E-state index contributed by atoms with van der Waals surface area (Å²) in [6.45, 7) is 5.02. The van der Waals surface area contributed by atoms with Crippen LogP contribution in [0.2, 0.25) is 0 Å². The number of carbonyl (C=O) groups is 2. The summed E-state index contributed by atoms with van der Waals surface area (Å²) in [4.78, 5) is 34.1. The van der Waals surface area contributed by atoms with E-state index in [9.17, 15) is 20.1 Å². The topological polar surface area (TPSA) is 112 Å². The molecule has 2 rings (SSSR count). The molecule has 2 N–H and O–H groups in total. The quantitative estimate of drug-likeness (QED) is 0.291. The number of allylic oxidation sites excluding steroid dienone is 1. The van der Waals surface area contributed by atoms with Crippen LogP contribution in [0.3, 0.4) is 0 Å². The van der Waals surface area contributed by atoms with Gasteiger partial charge < -0.3 is 9.47 Å². The molecule has 0 bridgehead atoms. The molecule has 0 amide bonds. The Morgan fingerprint density at radius 2 is 1.86 bits per heavy atom. The van der Waals surface area contributed by atoms with E-state index in [1.807, 2.05) is 0 Å². The van der Waals surface area contributed by atoms with E-state index in [0.29, 0.717) is 22.0 Å². The Morgan fingerprint density at radius 3 is 2.45 bits per heavy atom. The molecule has 1 aromatic carbocycles. The number of halogens is 1. The van der Waals surface area contributed by atoms with Crippen molar-refractivity contribution in [3.8, 4) is 0 Å². The highest BCUT2D eigenvalue weighted by Gasteiger charge is 2.37. The first kappa shape index (κ1) is 23.5. The van der Waals surface area contributed by atoms with E-state index < -0.39 is 36.4 Å². The molecule has 0 saturated carbocycles. The molecule has 1 fully saturated rings. The molecule has 4 atom stereocenters. The number of cyclic esters (lactones) is 1. The number of hydrogen-bond acceptors (Lipinski definition) is 8. The Balaban J connectivity index is 2.25. The van der Waals surface area contributed by atoms with Crippen molar-refractivity contribution in [1.29, 1.82) is 0 Å². The van der Waals surface area contributed by atoms with Crippen LogP contribution in [0.1, 0.15) is 50.4 Å². The SMILES string of the molecule is CC(C)=C1C(=O)OC(C)CC(OC(=O)c2ccccc2Br)CCC(OO)C1OO. The first-order valence-corrected chi connectivity index (χ1v) is 10.0. The summed E-state index contributed by atoms with van der Waals surface area (Å²) in [6.07, 6.45) is -2.76. The van der Waals surface area contributed by atoms with Gasteiger partial charge in [-0.25, -0.2) is 19.4 Å². The minimum absolute atomic E-state index is 0.0714. The Morgan fingerprint density at radius 1 is 1.17 bits per heavy atom. The number of benzene rings is 1. The molecule has 0 radical (unpaired) electrons. The Hall–Kier alpha value is -1.78. The fourth-order valence-electron chi connectivity index (χ4n) is 3.25. The van der Waals surface area contributed by atoms with Gasteiger partial charge in [-0.05, 0) is 61.7 Å². The molecule has 4 unspecified atom stereocenters. The average Bonchev–Trinajstić information content (AvgIpc) is 2.66. The second-order valence-corrected chi connectivity index (χ2v) is 7.97. The zero-order valence-electron chi connectivity index (χ0n) is 16.5. The maximum Gasteiger partial charge on any atom is 0.339 e. The molecular formula is C20H25BrO8. The fraction of sp³-hybridized carbons (Fsp3) is 0.500. The van der Waals surface area contributed by atoms with E-state index in [1.54, 1.807) is 45.0 Å². The standard InChI is InChI=1S/C20H25BrO8/c1-11(2)17-18(29-25)16(28-24)9-8-13(10-12(3)26-20(17)23)27-19(22)14-6-4-5-7-15(14)21/h4-7,12-13,16,18,24-25H,8-10H2,1-3H3. The number of ether oxygens (including phenoxy) is 2. The number of hydrogen-bond donors (Lipinski definition) is 2. The van der Waals surface area contributed by atoms with Crippen LogP contribution in [0.4, 0.5) is 0 Å². The first-order valence-electron chi connectivity index (χ1n) is 9.22. The average molecular weight is 473 g/mol. The van der Waals surface area contributed by atoms with Crippen molar-refractivity contribution in [2.24, 2.45) is 0 Å². The zero-order valence-corrected chi connectivity index (χ0v) is 18.0. The van der Waals surface area contributed by atoms with Gasteiger partial charge in [0.05, 0.1) is 11.1 Å². The Bertz CT molecular complexity index is 759. The van der Waals surface area contributed by atoms with E-state index in [-0.39, 0.29) is 18.4 Å². The fourth-order valence-corrected chi connectivity index (χ4v) is 3.70. The van der Waals surface area contributed by atoms with E-state index in [1.165, 1.54) is 0 Å². The van der Waals surface area contributed by atoms with Crippen LogP contribution >= 0.6 is 15.9 Å². The van der Waals surface area contributed by atoms with Gasteiger partial charge in [0.2, 0.25) is 0 Å². The van der Waals surface area contributed by atoms with Gasteiger partial charge in [-0.15, -0.1) is 0 Å². The minimum atomic E-state index is -1.25. The molecule has 9 heteroatoms. The Kier molecular flexibility index (Phi) is 8.79. The van der Waals surface area contributed by atoms with Crippen molar-refractivity contribution in [1.82, 2.24) is 0 Å². The van der Waals surface area contributed by atoms with E-state index in [4.69, 9.17) is 9.47 Å². The van der Waals surface area contributed by atoms with Crippen LogP contribution in [0, 0.1) is 0 Å². The monoisotopic (exact) mass is 472 g/mol. The predicted octanol–water partition coefficient (Wildman–Crippen LogP) is 4.14. The van der Waals surface area contributed by atoms with Crippen LogP contribution in [-0.4, -0.2) is 46.9 Å². The van der Waals surface area contributed by atoms with Gasteiger partial charge in [-0.2, -0.15) is 0 Å². The van der Waals surface area contributed by atoms with Crippen molar-refractivity contribution in [2.45, 2.75) is 64.4 Å². The highest BCUT2D eigenvalue weighted by Crippen LogP contribution is 2.27. The van der Waals surface area contributed by atoms with Gasteiger partial charge in [-0.3, -0.25) is 10.5 Å². The lowest BCUT2D eigenvalue weighted by Gasteiger charge is -2.29. The molecule has 0 aliphatic carbocycles. The maximum absolute atomic E-state index is 12.6. The summed E-state index contributed by atoms with van der Waals surface area (Å²) in [7, 11) is 0. The van der Waals surface area contributed by atoms with Gasteiger partial charge >= 0.3 is 11.9 Å². The molecule has 1 aliphatic heterocycles. The smallest absolute Gasteiger partial charge is 0.339 e. The van der Waals surface area contributed by atoms with Crippen LogP contribution in [-0.2, 0) is 24.0 Å². The van der Waals surface area contributed by atoms with Gasteiger partial charge in [0, 0.05) is 10.9 Å². The van der Waals surface area contributed by atoms with Crippen molar-refractivity contribution in [2.75, 3.05) is 0 Å². The molecule has 1 heterocycles. The molecule has 1 aliphatic rings. The minimum Gasteiger partial charge on any atom is -0.459 e. The third kappa shape index (κ3) is 6.10. The van der Waals surface area contributed by atoms with Crippen LogP contribution < -0.4 is 0 Å². The number of esters is 2. The summed E-state index contributed by atoms with van der Waals surface area (Å²) in [5.74, 6) is -1.23. The molecule has 1 aromatic rings. The molecule has 0 aromatic heterocycles. The number of rotatable bonds is 4. The molecule has 0 spiro atoms. The van der Waals surface area contributed by atoms with Crippen molar-refractivity contribution < 1.29 is 39.4 Å². The van der Waals surface area contributed by atoms with Gasteiger partial charge in [0.25, 0.3) is 0 Å². The van der Waals surface area contributed by atoms with E-state index >= 15 is 0 Å². The lowest BCUT2D eigenvalue weighted by atomic mass is 9.94. The summed E-state index contributed by atoms with van der Waals surface area (Å²) >= 11 is 3.32. The van der Waals surface area contributed by atoms with Crippen LogP contribution in [0.15, 0.2) is 39.9 Å². The first-order chi connectivity index (χ1) is 13.8. The Labute approximate surface area is 177 Å². The highest BCUT2D eigenvalue weighted by molar-refractivity contribution is 9.10. The second kappa shape index (κ2) is 10.8. The zero-order chi connectivity index (χ0) is 21.6. The second-order valence-electron chi connectivity index (χ2n) is 7.12. The van der Waals surface area contributed by atoms with Gasteiger partial charge in [-0.1, -0.05) is 17.7 Å². The summed E-state index contributed by atoms with van der Waals surface area (Å²) in [5.41, 5.74) is 0.996. The highest BCUT2D eigenvalue weighted by atomic mass is 79.9. The van der Waals surface area contributed by atoms with Crippen molar-refractivity contribution in [3.05, 3.63) is 45.4 Å². The molecular weight excluding hydrogens is 448 g/mol. The predicted molar refractivity (Wildman–Crippen MR) is 106 cm³/mol. The lowest BCUT2D eigenvalue weighted by molar-refractivity contribution is -0.348. The normalized spacial score (nSPS) is 25.9. The summed E-state index contributed by atoms with van der Waals surface area (Å²) < 4.78 is 11.7. The van der Waals surface area contributed by atoms with Crippen LogP contribution in [0.25, 0.3) is 0 Å². The summed E-state index contributed by atoms with van der Waals surface area (Å²) in [6, 6.07) is 6.87. The van der Waals surface area contributed by atoms with Crippen molar-refractivity contribution in [3.63, 3.8) is 0 Å². The van der Waals surface area contributed by atoms with Crippen molar-refractivity contribution >= 4 is 27.9 Å². The summed E-state index contributed by atoms with van der Waals surface area (Å²) in [5, 5.41) is 18.7. The largest absolute Gasteiger partial charge is 0.459 e. The lowest BCUT2D eigenvalue weighted by Crippen LogP contribution is -2.39.